The van der Waals surface area contributed by atoms with Crippen molar-refractivity contribution >= 4 is 91.3 Å². The molecule has 11 rings (SSSR count). The maximum atomic E-state index is 13.1. The number of benzene rings is 11. The van der Waals surface area contributed by atoms with Gasteiger partial charge in [-0.05, 0) is 230 Å². The Morgan fingerprint density at radius 2 is 0.591 bits per heavy atom. The van der Waals surface area contributed by atoms with Crippen LogP contribution in [0.4, 0.5) is 79.6 Å². The van der Waals surface area contributed by atoms with Gasteiger partial charge >= 0.3 is 0 Å². The number of hydrogen-bond acceptors (Lipinski definition) is 12. The van der Waals surface area contributed by atoms with Gasteiger partial charge in [-0.15, -0.1) is 0 Å². The summed E-state index contributed by atoms with van der Waals surface area (Å²) in [4.78, 5) is 33.7. The van der Waals surface area contributed by atoms with E-state index in [0.29, 0.717) is 22.5 Å². The fourth-order valence-electron chi connectivity index (χ4n) is 10.2. The Hall–Kier alpha value is -11.1. The van der Waals surface area contributed by atoms with Gasteiger partial charge in [0.25, 0.3) is 5.91 Å². The lowest BCUT2D eigenvalue weighted by molar-refractivity contribution is 0.0959. The van der Waals surface area contributed by atoms with Gasteiger partial charge in [0.15, 0.2) is 5.78 Å². The minimum Gasteiger partial charge on any atom is -0.497 e. The molecule has 0 atom stereocenters. The summed E-state index contributed by atoms with van der Waals surface area (Å²) in [6, 6.07) is 87.3. The van der Waals surface area contributed by atoms with Crippen molar-refractivity contribution in [2.45, 2.75) is 26.6 Å². The van der Waals surface area contributed by atoms with Gasteiger partial charge in [0, 0.05) is 104 Å². The topological polar surface area (TPSA) is 170 Å². The molecule has 440 valence electrons. The zero-order valence-corrected chi connectivity index (χ0v) is 49.5. The first-order chi connectivity index (χ1) is 42.9. The zero-order valence-electron chi connectivity index (χ0n) is 49.5. The number of Topliss-reactive ketones (excluding diaryl/α,β-unsaturated/α-hetero) is 1. The third-order valence-corrected chi connectivity index (χ3v) is 15.0. The molecule has 0 heterocycles. The number of carbonyl (C=O) groups is 2. The van der Waals surface area contributed by atoms with Crippen LogP contribution in [0.15, 0.2) is 267 Å². The number of rotatable bonds is 20. The van der Waals surface area contributed by atoms with Crippen molar-refractivity contribution in [3.63, 3.8) is 0 Å². The molecule has 11 aromatic carbocycles. The first-order valence-electron chi connectivity index (χ1n) is 28.7. The normalized spacial score (nSPS) is 10.7. The number of anilines is 14. The number of nitrogens with one attached hydrogen (secondary N) is 1. The average Bonchev–Trinajstić information content (AvgIpc) is 1.34. The van der Waals surface area contributed by atoms with Crippen LogP contribution in [0.5, 0.6) is 11.5 Å². The number of ether oxygens (including phenoxy) is 2. The average molecular weight is 1160 g/mol. The van der Waals surface area contributed by atoms with Crippen molar-refractivity contribution < 1.29 is 29.3 Å². The Bertz CT molecular complexity index is 3900. The Kier molecular flexibility index (Phi) is 19.2. The van der Waals surface area contributed by atoms with E-state index in [1.54, 1.807) is 45.5 Å². The van der Waals surface area contributed by atoms with Crippen LogP contribution in [0.25, 0.3) is 0 Å². The Morgan fingerprint density at radius 1 is 0.352 bits per heavy atom. The fraction of sp³-hybridized carbons (Fsp3) is 0.0933. The molecule has 0 fully saturated rings. The number of amides is 1. The van der Waals surface area contributed by atoms with Crippen LogP contribution in [0.1, 0.15) is 43.0 Å². The molecular weight excluding hydrogens is 1090 g/mol. The summed E-state index contributed by atoms with van der Waals surface area (Å²) in [6.45, 7) is 2.06. The highest BCUT2D eigenvalue weighted by atomic mass is 16.5. The van der Waals surface area contributed by atoms with Crippen molar-refractivity contribution in [3.8, 4) is 11.5 Å². The lowest BCUT2D eigenvalue weighted by Gasteiger charge is -2.28. The molecule has 0 saturated carbocycles. The number of methoxy groups -OCH3 is 2. The quantitative estimate of drug-likeness (QED) is 0.0362. The van der Waals surface area contributed by atoms with Gasteiger partial charge in [-0.3, -0.25) is 9.59 Å². The number of hydrogen-bond donors (Lipinski definition) is 5. The number of carbonyl (C=O) groups excluding carboxylic acids is 2. The molecule has 0 spiro atoms. The van der Waals surface area contributed by atoms with Crippen LogP contribution in [0.2, 0.25) is 0 Å². The standard InChI is InChI=1S/C43H39N3O4.C32H30N4O2/c1-30-4-14-35(15-5-30)45(36-16-6-31(7-17-36)28-42(48)33-10-12-34(13-11-33)43(49)44-2)38-20-22-39(23-21-38)46(37-18-8-32(29-47)9-19-37)40-24-26-41(50-3)27-25-40;1-38-32-20-18-31(19-21-32)35(26-8-2-23(22-37)3-9-26)29-14-16-30(17-15-29)36(27-10-4-24(33)5-11-27)28-12-6-25(34)7-13-28/h4-27,47H,28-29H2,1-3H3,(H,44,49);2-21,37H,22,33-34H2,1H3. The van der Waals surface area contributed by atoms with Crippen molar-refractivity contribution in [2.75, 3.05) is 52.3 Å². The second-order valence-electron chi connectivity index (χ2n) is 20.9. The maximum absolute atomic E-state index is 13.1. The van der Waals surface area contributed by atoms with Crippen molar-refractivity contribution in [3.05, 3.63) is 300 Å². The van der Waals surface area contributed by atoms with Crippen molar-refractivity contribution in [2.24, 2.45) is 0 Å². The highest BCUT2D eigenvalue weighted by Gasteiger charge is 2.20. The molecule has 88 heavy (non-hydrogen) atoms. The number of aliphatic hydroxyl groups is 2. The minimum absolute atomic E-state index is 0.00359. The van der Waals surface area contributed by atoms with E-state index in [4.69, 9.17) is 20.9 Å². The summed E-state index contributed by atoms with van der Waals surface area (Å²) in [5.74, 6) is 1.37. The van der Waals surface area contributed by atoms with Crippen LogP contribution in [0, 0.1) is 6.92 Å². The molecule has 13 heteroatoms. The van der Waals surface area contributed by atoms with Crippen LogP contribution in [-0.4, -0.2) is 43.2 Å². The largest absolute Gasteiger partial charge is 0.497 e. The molecule has 0 radical (unpaired) electrons. The number of nitrogens with two attached hydrogens (primary N) is 2. The molecule has 0 unspecified atom stereocenters. The van der Waals surface area contributed by atoms with E-state index >= 15 is 0 Å². The number of ketones is 1. The Balaban J connectivity index is 0.000000202. The van der Waals surface area contributed by atoms with Gasteiger partial charge in [0.05, 0.1) is 27.4 Å². The molecule has 1 amide bonds. The predicted molar refractivity (Wildman–Crippen MR) is 358 cm³/mol. The molecule has 7 N–H and O–H groups in total. The highest BCUT2D eigenvalue weighted by Crippen LogP contribution is 2.42. The lowest BCUT2D eigenvalue weighted by atomic mass is 10.0. The van der Waals surface area contributed by atoms with E-state index in [2.05, 4.69) is 105 Å². The first kappa shape index (κ1) is 60.0. The highest BCUT2D eigenvalue weighted by molar-refractivity contribution is 6.00. The number of nitrogens with zero attached hydrogens (tertiary/aromatic N) is 4. The Labute approximate surface area is 514 Å². The van der Waals surface area contributed by atoms with E-state index in [9.17, 15) is 19.8 Å². The third-order valence-electron chi connectivity index (χ3n) is 15.0. The number of aliphatic hydroxyl groups excluding tert-OH is 2. The molecule has 0 aliphatic rings. The third kappa shape index (κ3) is 14.3. The van der Waals surface area contributed by atoms with Crippen LogP contribution >= 0.6 is 0 Å². The summed E-state index contributed by atoms with van der Waals surface area (Å²) in [7, 11) is 4.90. The molecule has 13 nitrogen and oxygen atoms in total. The fourth-order valence-corrected chi connectivity index (χ4v) is 10.2. The molecule has 0 saturated heterocycles. The van der Waals surface area contributed by atoms with Gasteiger partial charge in [-0.25, -0.2) is 0 Å². The van der Waals surface area contributed by atoms with E-state index in [1.807, 2.05) is 170 Å². The lowest BCUT2D eigenvalue weighted by Crippen LogP contribution is -2.17. The van der Waals surface area contributed by atoms with Gasteiger partial charge < -0.3 is 56.1 Å². The van der Waals surface area contributed by atoms with E-state index < -0.39 is 0 Å². The monoisotopic (exact) mass is 1160 g/mol. The second kappa shape index (κ2) is 28.2. The van der Waals surface area contributed by atoms with Crippen LogP contribution in [0.3, 0.4) is 0 Å². The maximum Gasteiger partial charge on any atom is 0.251 e. The van der Waals surface area contributed by atoms with E-state index in [0.717, 1.165) is 96.4 Å². The second-order valence-corrected chi connectivity index (χ2v) is 20.9. The smallest absolute Gasteiger partial charge is 0.251 e. The summed E-state index contributed by atoms with van der Waals surface area (Å²) < 4.78 is 10.8. The van der Waals surface area contributed by atoms with Gasteiger partial charge in [-0.1, -0.05) is 66.2 Å². The number of aryl methyl sites for hydroxylation is 1. The van der Waals surface area contributed by atoms with Gasteiger partial charge in [0.1, 0.15) is 11.5 Å². The first-order valence-corrected chi connectivity index (χ1v) is 28.7. The molecular formula is C75H69N7O6. The predicted octanol–water partition coefficient (Wildman–Crippen LogP) is 16.5. The summed E-state index contributed by atoms with van der Waals surface area (Å²) in [6.07, 6.45) is 0.249. The molecule has 0 aromatic heterocycles. The minimum atomic E-state index is -0.185. The zero-order chi connectivity index (χ0) is 61.5. The van der Waals surface area contributed by atoms with Crippen molar-refractivity contribution in [1.29, 1.82) is 0 Å². The Morgan fingerprint density at radius 3 is 0.864 bits per heavy atom. The van der Waals surface area contributed by atoms with Crippen LogP contribution in [-0.2, 0) is 19.6 Å². The van der Waals surface area contributed by atoms with E-state index in [1.165, 1.54) is 5.56 Å². The molecule has 11 aromatic rings. The molecule has 0 bridgehead atoms. The van der Waals surface area contributed by atoms with E-state index in [-0.39, 0.29) is 31.3 Å². The summed E-state index contributed by atoms with van der Waals surface area (Å²) in [5, 5.41) is 21.7. The van der Waals surface area contributed by atoms with Gasteiger partial charge in [-0.2, -0.15) is 0 Å². The molecule has 0 aliphatic carbocycles. The number of nitrogen functional groups attached to an aromatic ring is 2. The SMILES string of the molecule is CNC(=O)c1ccc(C(=O)Cc2ccc(N(c3ccc(C)cc3)c3ccc(N(c4ccc(CO)cc4)c4ccc(OC)cc4)cc3)cc2)cc1.COc1ccc(N(c2ccc(CO)cc2)c2ccc(N(c3ccc(N)cc3)c3ccc(N)cc3)cc2)cc1. The van der Waals surface area contributed by atoms with Crippen molar-refractivity contribution in [1.82, 2.24) is 5.32 Å². The summed E-state index contributed by atoms with van der Waals surface area (Å²) >= 11 is 0. The molecule has 0 aliphatic heterocycles. The van der Waals surface area contributed by atoms with Crippen LogP contribution < -0.4 is 45.9 Å². The van der Waals surface area contributed by atoms with Gasteiger partial charge in [0.2, 0.25) is 0 Å². The summed E-state index contributed by atoms with van der Waals surface area (Å²) in [5.41, 5.74) is 30.0.